The number of benzene rings is 1. The van der Waals surface area contributed by atoms with E-state index >= 15 is 0 Å². The van der Waals surface area contributed by atoms with Gasteiger partial charge in [-0.1, -0.05) is 0 Å². The average molecular weight is 255 g/mol. The van der Waals surface area contributed by atoms with Gasteiger partial charge in [0.05, 0.1) is 14.2 Å². The average Bonchev–Trinajstić information content (AvgIpc) is 2.33. The lowest BCUT2D eigenvalue weighted by Gasteiger charge is -2.21. The number of ether oxygens (including phenoxy) is 2. The van der Waals surface area contributed by atoms with Crippen molar-refractivity contribution in [1.29, 1.82) is 0 Å². The van der Waals surface area contributed by atoms with Crippen LogP contribution in [0.25, 0.3) is 0 Å². The Kier molecular flexibility index (Phi) is 4.96. The fraction of sp³-hybridized carbons (Fsp3) is 0.571. The summed E-state index contributed by atoms with van der Waals surface area (Å²) in [7, 11) is 3.12. The summed E-state index contributed by atoms with van der Waals surface area (Å²) in [6.07, 6.45) is 1.55. The molecule has 0 saturated carbocycles. The molecule has 0 aromatic heterocycles. The minimum atomic E-state index is -1.41. The highest BCUT2D eigenvalue weighted by atomic mass is 19.1. The van der Waals surface area contributed by atoms with Crippen LogP contribution in [0.5, 0.6) is 11.5 Å². The molecule has 0 aliphatic heterocycles. The van der Waals surface area contributed by atoms with Gasteiger partial charge in [0.25, 0.3) is 0 Å². The second kappa shape index (κ2) is 6.05. The molecule has 0 radical (unpaired) electrons. The summed E-state index contributed by atoms with van der Waals surface area (Å²) in [4.78, 5) is 0. The van der Waals surface area contributed by atoms with E-state index < -0.39 is 5.67 Å². The molecule has 0 bridgehead atoms. The van der Waals surface area contributed by atoms with Gasteiger partial charge in [0, 0.05) is 0 Å². The van der Waals surface area contributed by atoms with Gasteiger partial charge in [0.2, 0.25) is 0 Å². The van der Waals surface area contributed by atoms with E-state index in [0.29, 0.717) is 23.6 Å². The minimum absolute atomic E-state index is 0.551. The maximum Gasteiger partial charge on any atom is 0.161 e. The predicted octanol–water partition coefficient (Wildman–Crippen LogP) is 2.80. The summed E-state index contributed by atoms with van der Waals surface area (Å²) in [6, 6.07) is 3.55. The topological polar surface area (TPSA) is 44.5 Å². The molecule has 102 valence electrons. The van der Waals surface area contributed by atoms with Crippen molar-refractivity contribution in [3.8, 4) is 11.5 Å². The molecule has 1 aromatic carbocycles. The summed E-state index contributed by atoms with van der Waals surface area (Å²) in [5.41, 5.74) is 5.65. The summed E-state index contributed by atoms with van der Waals surface area (Å²) < 4.78 is 24.7. The summed E-state index contributed by atoms with van der Waals surface area (Å²) in [5, 5.41) is 0. The number of hydrogen-bond donors (Lipinski definition) is 1. The Hall–Kier alpha value is -1.29. The Bertz CT molecular complexity index is 400. The van der Waals surface area contributed by atoms with Crippen LogP contribution in [0.3, 0.4) is 0 Å². The first-order valence-corrected chi connectivity index (χ1v) is 6.08. The van der Waals surface area contributed by atoms with Gasteiger partial charge < -0.3 is 15.2 Å². The highest BCUT2D eigenvalue weighted by molar-refractivity contribution is 5.49. The predicted molar refractivity (Wildman–Crippen MR) is 71.1 cm³/mol. The van der Waals surface area contributed by atoms with Gasteiger partial charge in [0.15, 0.2) is 11.5 Å². The molecule has 0 spiro atoms. The summed E-state index contributed by atoms with van der Waals surface area (Å²) >= 11 is 0. The molecular weight excluding hydrogens is 233 g/mol. The largest absolute Gasteiger partial charge is 0.493 e. The lowest BCUT2D eigenvalue weighted by Crippen LogP contribution is -2.14. The Labute approximate surface area is 108 Å². The maximum atomic E-state index is 14.2. The second-order valence-electron chi connectivity index (χ2n) is 4.73. The molecule has 0 fully saturated rings. The van der Waals surface area contributed by atoms with E-state index in [0.717, 1.165) is 18.4 Å². The zero-order valence-corrected chi connectivity index (χ0v) is 11.5. The minimum Gasteiger partial charge on any atom is -0.493 e. The Morgan fingerprint density at radius 2 is 1.72 bits per heavy atom. The van der Waals surface area contributed by atoms with Crippen LogP contribution in [0.4, 0.5) is 4.39 Å². The van der Waals surface area contributed by atoms with Crippen molar-refractivity contribution in [2.45, 2.75) is 32.4 Å². The van der Waals surface area contributed by atoms with E-state index in [-0.39, 0.29) is 0 Å². The van der Waals surface area contributed by atoms with Crippen LogP contribution in [0.15, 0.2) is 12.1 Å². The van der Waals surface area contributed by atoms with Crippen LogP contribution < -0.4 is 15.2 Å². The third-order valence-corrected chi connectivity index (χ3v) is 2.90. The van der Waals surface area contributed by atoms with Crippen LogP contribution in [0.2, 0.25) is 0 Å². The number of rotatable bonds is 6. The Morgan fingerprint density at radius 3 is 2.17 bits per heavy atom. The Balaban J connectivity index is 3.27. The van der Waals surface area contributed by atoms with E-state index in [1.54, 1.807) is 34.1 Å². The molecule has 0 amide bonds. The smallest absolute Gasteiger partial charge is 0.161 e. The first-order chi connectivity index (χ1) is 8.43. The lowest BCUT2D eigenvalue weighted by atomic mass is 9.91. The molecule has 0 aliphatic rings. The van der Waals surface area contributed by atoms with Gasteiger partial charge in [0.1, 0.15) is 5.67 Å². The Morgan fingerprint density at radius 1 is 1.17 bits per heavy atom. The van der Waals surface area contributed by atoms with Crippen LogP contribution in [0, 0.1) is 0 Å². The van der Waals surface area contributed by atoms with Gasteiger partial charge in [-0.05, 0) is 56.5 Å². The van der Waals surface area contributed by atoms with E-state index in [1.807, 2.05) is 6.07 Å². The van der Waals surface area contributed by atoms with Crippen LogP contribution in [-0.4, -0.2) is 20.8 Å². The molecule has 1 rings (SSSR count). The highest BCUT2D eigenvalue weighted by Gasteiger charge is 2.24. The fourth-order valence-electron chi connectivity index (χ4n) is 1.97. The van der Waals surface area contributed by atoms with Gasteiger partial charge >= 0.3 is 0 Å². The van der Waals surface area contributed by atoms with Crippen molar-refractivity contribution in [1.82, 2.24) is 0 Å². The summed E-state index contributed by atoms with van der Waals surface area (Å²) in [6.45, 7) is 3.67. The van der Waals surface area contributed by atoms with Crippen molar-refractivity contribution in [2.75, 3.05) is 20.8 Å². The first-order valence-electron chi connectivity index (χ1n) is 6.08. The maximum absolute atomic E-state index is 14.2. The first kappa shape index (κ1) is 14.8. The molecule has 0 atom stereocenters. The van der Waals surface area contributed by atoms with Crippen LogP contribution in [-0.2, 0) is 12.1 Å². The summed E-state index contributed by atoms with van der Waals surface area (Å²) in [5.74, 6) is 1.17. The number of alkyl halides is 1. The van der Waals surface area contributed by atoms with Crippen molar-refractivity contribution >= 4 is 0 Å². The number of methoxy groups -OCH3 is 2. The molecule has 0 heterocycles. The zero-order valence-electron chi connectivity index (χ0n) is 11.5. The van der Waals surface area contributed by atoms with Crippen molar-refractivity contribution in [2.24, 2.45) is 5.73 Å². The van der Waals surface area contributed by atoms with Gasteiger partial charge in [-0.25, -0.2) is 4.39 Å². The quantitative estimate of drug-likeness (QED) is 0.850. The van der Waals surface area contributed by atoms with Crippen LogP contribution >= 0.6 is 0 Å². The highest BCUT2D eigenvalue weighted by Crippen LogP contribution is 2.37. The zero-order chi connectivity index (χ0) is 13.8. The van der Waals surface area contributed by atoms with E-state index in [1.165, 1.54) is 0 Å². The molecule has 1 aromatic rings. The van der Waals surface area contributed by atoms with Gasteiger partial charge in [-0.15, -0.1) is 0 Å². The number of nitrogens with two attached hydrogens (primary N) is 1. The number of halogens is 1. The normalized spacial score (nSPS) is 11.4. The van der Waals surface area contributed by atoms with E-state index in [2.05, 4.69) is 0 Å². The van der Waals surface area contributed by atoms with Gasteiger partial charge in [-0.2, -0.15) is 0 Å². The van der Waals surface area contributed by atoms with Crippen molar-refractivity contribution in [3.63, 3.8) is 0 Å². The molecule has 0 aliphatic carbocycles. The van der Waals surface area contributed by atoms with E-state index in [9.17, 15) is 4.39 Å². The fourth-order valence-corrected chi connectivity index (χ4v) is 1.97. The van der Waals surface area contributed by atoms with Crippen molar-refractivity contribution < 1.29 is 13.9 Å². The van der Waals surface area contributed by atoms with Crippen molar-refractivity contribution in [3.05, 3.63) is 23.3 Å². The third kappa shape index (κ3) is 3.35. The SMILES string of the molecule is COc1cc(CCCN)c(C(C)(C)F)cc1OC. The monoisotopic (exact) mass is 255 g/mol. The number of aryl methyl sites for hydroxylation is 1. The third-order valence-electron chi connectivity index (χ3n) is 2.90. The number of hydrogen-bond acceptors (Lipinski definition) is 3. The molecule has 18 heavy (non-hydrogen) atoms. The molecule has 0 saturated heterocycles. The van der Waals surface area contributed by atoms with Crippen LogP contribution in [0.1, 0.15) is 31.4 Å². The molecule has 4 heteroatoms. The molecular formula is C14H22FNO2. The molecule has 2 N–H and O–H groups in total. The molecule has 0 unspecified atom stereocenters. The second-order valence-corrected chi connectivity index (χ2v) is 4.73. The standard InChI is InChI=1S/C14H22FNO2/c1-14(2,15)11-9-13(18-4)12(17-3)8-10(11)6-5-7-16/h8-9H,5-7,16H2,1-4H3. The lowest BCUT2D eigenvalue weighted by molar-refractivity contribution is 0.218. The van der Waals surface area contributed by atoms with E-state index in [4.69, 9.17) is 15.2 Å². The van der Waals surface area contributed by atoms with Gasteiger partial charge in [-0.3, -0.25) is 0 Å². The molecule has 3 nitrogen and oxygen atoms in total.